The number of carbonyl (C=O) groups is 1. The predicted molar refractivity (Wildman–Crippen MR) is 64.8 cm³/mol. The molecule has 1 atom stereocenters. The molecule has 16 heavy (non-hydrogen) atoms. The van der Waals surface area contributed by atoms with E-state index in [4.69, 9.17) is 11.6 Å². The number of benzene rings is 1. The molecule has 0 aliphatic heterocycles. The highest BCUT2D eigenvalue weighted by molar-refractivity contribution is 6.31. The van der Waals surface area contributed by atoms with Crippen molar-refractivity contribution in [3.8, 4) is 0 Å². The zero-order valence-electron chi connectivity index (χ0n) is 9.46. The number of aliphatic hydroxyl groups excluding tert-OH is 1. The van der Waals surface area contributed by atoms with E-state index in [0.717, 1.165) is 5.56 Å². The third kappa shape index (κ3) is 3.51. The number of aryl methyl sites for hydroxylation is 1. The van der Waals surface area contributed by atoms with Gasteiger partial charge in [-0.1, -0.05) is 24.6 Å². The van der Waals surface area contributed by atoms with Crippen LogP contribution >= 0.6 is 11.6 Å². The number of halogens is 1. The van der Waals surface area contributed by atoms with Gasteiger partial charge in [-0.2, -0.15) is 0 Å². The minimum absolute atomic E-state index is 0.214. The van der Waals surface area contributed by atoms with Crippen LogP contribution in [0.1, 0.15) is 29.3 Å². The van der Waals surface area contributed by atoms with Crippen molar-refractivity contribution in [3.05, 3.63) is 34.3 Å². The molecule has 0 spiro atoms. The van der Waals surface area contributed by atoms with Crippen molar-refractivity contribution >= 4 is 17.5 Å². The molecule has 1 aromatic rings. The van der Waals surface area contributed by atoms with Crippen LogP contribution in [0.3, 0.4) is 0 Å². The fourth-order valence-corrected chi connectivity index (χ4v) is 1.37. The van der Waals surface area contributed by atoms with Crippen LogP contribution in [0.15, 0.2) is 18.2 Å². The zero-order valence-corrected chi connectivity index (χ0v) is 10.2. The highest BCUT2D eigenvalue weighted by Gasteiger charge is 2.08. The van der Waals surface area contributed by atoms with Crippen LogP contribution in [0.5, 0.6) is 0 Å². The zero-order chi connectivity index (χ0) is 12.1. The van der Waals surface area contributed by atoms with Gasteiger partial charge in [0.2, 0.25) is 0 Å². The number of rotatable bonds is 4. The van der Waals surface area contributed by atoms with Crippen LogP contribution in [0, 0.1) is 6.92 Å². The van der Waals surface area contributed by atoms with E-state index in [0.29, 0.717) is 17.0 Å². The number of hydrogen-bond donors (Lipinski definition) is 2. The number of nitrogens with one attached hydrogen (secondary N) is 1. The summed E-state index contributed by atoms with van der Waals surface area (Å²) in [7, 11) is 0. The van der Waals surface area contributed by atoms with Gasteiger partial charge in [-0.05, 0) is 31.0 Å². The third-order valence-electron chi connectivity index (χ3n) is 2.40. The lowest BCUT2D eigenvalue weighted by Gasteiger charge is -2.10. The lowest BCUT2D eigenvalue weighted by Crippen LogP contribution is -2.31. The molecule has 0 fully saturated rings. The molecule has 1 unspecified atom stereocenters. The first-order chi connectivity index (χ1) is 7.54. The molecule has 2 N–H and O–H groups in total. The Balaban J connectivity index is 2.63. The van der Waals surface area contributed by atoms with Crippen LogP contribution in [0.2, 0.25) is 5.02 Å². The molecular weight excluding hydrogens is 226 g/mol. The molecule has 0 aliphatic rings. The van der Waals surface area contributed by atoms with Crippen LogP contribution in [-0.4, -0.2) is 23.7 Å². The molecule has 88 valence electrons. The van der Waals surface area contributed by atoms with Gasteiger partial charge >= 0.3 is 0 Å². The van der Waals surface area contributed by atoms with Crippen molar-refractivity contribution in [2.24, 2.45) is 0 Å². The van der Waals surface area contributed by atoms with Gasteiger partial charge in [0.15, 0.2) is 0 Å². The summed E-state index contributed by atoms with van der Waals surface area (Å²) in [6.07, 6.45) is 0.124. The first-order valence-corrected chi connectivity index (χ1v) is 5.64. The van der Waals surface area contributed by atoms with Crippen LogP contribution < -0.4 is 5.32 Å². The van der Waals surface area contributed by atoms with E-state index in [-0.39, 0.29) is 12.5 Å². The first kappa shape index (κ1) is 13.0. The summed E-state index contributed by atoms with van der Waals surface area (Å²) < 4.78 is 0. The van der Waals surface area contributed by atoms with E-state index in [2.05, 4.69) is 5.32 Å². The molecule has 0 aromatic heterocycles. The lowest BCUT2D eigenvalue weighted by atomic mass is 10.1. The fraction of sp³-hybridized carbons (Fsp3) is 0.417. The Kier molecular flexibility index (Phi) is 4.77. The monoisotopic (exact) mass is 241 g/mol. The number of aliphatic hydroxyl groups is 1. The molecule has 1 aromatic carbocycles. The fourth-order valence-electron chi connectivity index (χ4n) is 1.19. The highest BCUT2D eigenvalue weighted by atomic mass is 35.5. The van der Waals surface area contributed by atoms with Crippen molar-refractivity contribution in [1.82, 2.24) is 5.32 Å². The number of hydrogen-bond acceptors (Lipinski definition) is 2. The number of carbonyl (C=O) groups excluding carboxylic acids is 1. The summed E-state index contributed by atoms with van der Waals surface area (Å²) in [6.45, 7) is 4.01. The second-order valence-corrected chi connectivity index (χ2v) is 4.14. The van der Waals surface area contributed by atoms with E-state index in [1.165, 1.54) is 0 Å². The topological polar surface area (TPSA) is 49.3 Å². The molecule has 0 saturated heterocycles. The predicted octanol–water partition coefficient (Wildman–Crippen LogP) is 2.15. The Morgan fingerprint density at radius 1 is 1.56 bits per heavy atom. The molecule has 0 radical (unpaired) electrons. The smallest absolute Gasteiger partial charge is 0.251 e. The van der Waals surface area contributed by atoms with Gasteiger partial charge in [-0.15, -0.1) is 0 Å². The van der Waals surface area contributed by atoms with Gasteiger partial charge in [0, 0.05) is 17.1 Å². The summed E-state index contributed by atoms with van der Waals surface area (Å²) >= 11 is 5.92. The third-order valence-corrected chi connectivity index (χ3v) is 2.81. The standard InChI is InChI=1S/C12H16ClNO2/c1-3-10(15)7-14-12(16)9-5-4-8(2)11(13)6-9/h4-6,10,15H,3,7H2,1-2H3,(H,14,16). The van der Waals surface area contributed by atoms with E-state index in [1.54, 1.807) is 18.2 Å². The van der Waals surface area contributed by atoms with E-state index >= 15 is 0 Å². The Morgan fingerprint density at radius 3 is 2.81 bits per heavy atom. The Hall–Kier alpha value is -1.06. The summed E-state index contributed by atoms with van der Waals surface area (Å²) in [4.78, 5) is 11.6. The molecule has 3 nitrogen and oxygen atoms in total. The number of amides is 1. The summed E-state index contributed by atoms with van der Waals surface area (Å²) in [6, 6.07) is 5.15. The Bertz CT molecular complexity index is 379. The van der Waals surface area contributed by atoms with Gasteiger partial charge < -0.3 is 10.4 Å². The summed E-state index contributed by atoms with van der Waals surface area (Å²) in [5.74, 6) is -0.214. The minimum atomic E-state index is -0.495. The quantitative estimate of drug-likeness (QED) is 0.849. The van der Waals surface area contributed by atoms with Crippen molar-refractivity contribution in [3.63, 3.8) is 0 Å². The van der Waals surface area contributed by atoms with Gasteiger partial charge in [0.05, 0.1) is 6.10 Å². The largest absolute Gasteiger partial charge is 0.391 e. The Morgan fingerprint density at radius 2 is 2.25 bits per heavy atom. The van der Waals surface area contributed by atoms with Gasteiger partial charge in [-0.25, -0.2) is 0 Å². The summed E-state index contributed by atoms with van der Waals surface area (Å²) in [5, 5.41) is 12.5. The van der Waals surface area contributed by atoms with Crippen molar-refractivity contribution in [1.29, 1.82) is 0 Å². The van der Waals surface area contributed by atoms with Gasteiger partial charge in [0.25, 0.3) is 5.91 Å². The molecular formula is C12H16ClNO2. The SMILES string of the molecule is CCC(O)CNC(=O)c1ccc(C)c(Cl)c1. The average molecular weight is 242 g/mol. The van der Waals surface area contributed by atoms with Gasteiger partial charge in [0.1, 0.15) is 0 Å². The molecule has 1 rings (SSSR count). The second kappa shape index (κ2) is 5.87. The van der Waals surface area contributed by atoms with E-state index < -0.39 is 6.10 Å². The Labute approximate surface area is 100 Å². The first-order valence-electron chi connectivity index (χ1n) is 5.27. The van der Waals surface area contributed by atoms with Crippen LogP contribution in [0.4, 0.5) is 0 Å². The van der Waals surface area contributed by atoms with E-state index in [9.17, 15) is 9.90 Å². The van der Waals surface area contributed by atoms with Crippen molar-refractivity contribution in [2.45, 2.75) is 26.4 Å². The van der Waals surface area contributed by atoms with Gasteiger partial charge in [-0.3, -0.25) is 4.79 Å². The minimum Gasteiger partial charge on any atom is -0.391 e. The van der Waals surface area contributed by atoms with E-state index in [1.807, 2.05) is 13.8 Å². The maximum atomic E-state index is 11.6. The molecule has 4 heteroatoms. The molecule has 0 bridgehead atoms. The van der Waals surface area contributed by atoms with Crippen molar-refractivity contribution < 1.29 is 9.90 Å². The maximum Gasteiger partial charge on any atom is 0.251 e. The normalized spacial score (nSPS) is 12.2. The van der Waals surface area contributed by atoms with Crippen LogP contribution in [-0.2, 0) is 0 Å². The van der Waals surface area contributed by atoms with Crippen LogP contribution in [0.25, 0.3) is 0 Å². The molecule has 0 saturated carbocycles. The maximum absolute atomic E-state index is 11.6. The van der Waals surface area contributed by atoms with Crippen molar-refractivity contribution in [2.75, 3.05) is 6.54 Å². The molecule has 0 aliphatic carbocycles. The molecule has 0 heterocycles. The summed E-state index contributed by atoms with van der Waals surface area (Å²) in [5.41, 5.74) is 1.45. The second-order valence-electron chi connectivity index (χ2n) is 3.74. The lowest BCUT2D eigenvalue weighted by molar-refractivity contribution is 0.0914. The highest BCUT2D eigenvalue weighted by Crippen LogP contribution is 2.16. The molecule has 1 amide bonds. The average Bonchev–Trinajstić information content (AvgIpc) is 2.29.